The van der Waals surface area contributed by atoms with E-state index in [1.807, 2.05) is 0 Å². The van der Waals surface area contributed by atoms with Crippen LogP contribution < -0.4 is 15.7 Å². The summed E-state index contributed by atoms with van der Waals surface area (Å²) in [4.78, 5) is 38.5. The van der Waals surface area contributed by atoms with E-state index < -0.39 is 24.0 Å². The second-order valence-electron chi connectivity index (χ2n) is 5.55. The van der Waals surface area contributed by atoms with E-state index in [2.05, 4.69) is 10.3 Å². The van der Waals surface area contributed by atoms with Crippen LogP contribution in [-0.4, -0.2) is 35.0 Å². The largest absolute Gasteiger partial charge is 0.444 e. The number of ether oxygens (including phenoxy) is 4. The van der Waals surface area contributed by atoms with Gasteiger partial charge in [0.2, 0.25) is 0 Å². The van der Waals surface area contributed by atoms with E-state index in [-0.39, 0.29) is 25.8 Å². The van der Waals surface area contributed by atoms with Crippen molar-refractivity contribution in [2.24, 2.45) is 0 Å². The second-order valence-corrected chi connectivity index (χ2v) is 5.55. The van der Waals surface area contributed by atoms with E-state index in [0.717, 1.165) is 0 Å². The molecule has 1 amide bonds. The summed E-state index contributed by atoms with van der Waals surface area (Å²) in [5.74, 6) is 0.0438. The van der Waals surface area contributed by atoms with Crippen molar-refractivity contribution in [1.82, 2.24) is 9.55 Å². The Morgan fingerprint density at radius 3 is 2.70 bits per heavy atom. The molecule has 1 fully saturated rings. The van der Waals surface area contributed by atoms with Crippen molar-refractivity contribution in [2.75, 3.05) is 18.7 Å². The maximum Gasteiger partial charge on any atom is 0.413 e. The zero-order chi connectivity index (χ0) is 19.2. The molecule has 1 N–H and O–H groups in total. The first-order chi connectivity index (χ1) is 13.0. The normalized spacial score (nSPS) is 16.0. The number of benzene rings is 1. The molecule has 10 heteroatoms. The molecule has 0 bridgehead atoms. The van der Waals surface area contributed by atoms with Gasteiger partial charge in [0.1, 0.15) is 25.0 Å². The molecule has 1 aliphatic heterocycles. The minimum absolute atomic E-state index is 0.00347. The highest BCUT2D eigenvalue weighted by Crippen LogP contribution is 2.14. The summed E-state index contributed by atoms with van der Waals surface area (Å²) in [5.41, 5.74) is 0.118. The van der Waals surface area contributed by atoms with E-state index in [4.69, 9.17) is 18.9 Å². The molecule has 1 aliphatic rings. The van der Waals surface area contributed by atoms with Crippen LogP contribution in [0.5, 0.6) is 5.75 Å². The van der Waals surface area contributed by atoms with E-state index in [1.54, 1.807) is 24.3 Å². The van der Waals surface area contributed by atoms with Crippen molar-refractivity contribution in [2.45, 2.75) is 19.8 Å². The van der Waals surface area contributed by atoms with Gasteiger partial charge >= 0.3 is 17.8 Å². The summed E-state index contributed by atoms with van der Waals surface area (Å²) < 4.78 is 21.5. The van der Waals surface area contributed by atoms with Crippen molar-refractivity contribution in [1.29, 1.82) is 0 Å². The highest BCUT2D eigenvalue weighted by Gasteiger charge is 2.19. The zero-order valence-corrected chi connectivity index (χ0v) is 14.4. The van der Waals surface area contributed by atoms with Crippen LogP contribution in [0.4, 0.5) is 10.6 Å². The van der Waals surface area contributed by atoms with E-state index in [0.29, 0.717) is 11.3 Å². The minimum atomic E-state index is -0.760. The number of carbonyl (C=O) groups excluding carboxylic acids is 2. The molecule has 142 valence electrons. The van der Waals surface area contributed by atoms with Crippen LogP contribution in [0.15, 0.2) is 41.3 Å². The van der Waals surface area contributed by atoms with Gasteiger partial charge in [-0.2, -0.15) is 4.98 Å². The SMILES string of the molecule is CC(=O)Oc1ccc(COC(=O)Nc2ccn([C@@H]3COCO3)c(=O)n2)cc1. The van der Waals surface area contributed by atoms with Gasteiger partial charge in [-0.15, -0.1) is 0 Å². The second kappa shape index (κ2) is 8.43. The fourth-order valence-corrected chi connectivity index (χ4v) is 2.30. The van der Waals surface area contributed by atoms with Gasteiger partial charge < -0.3 is 18.9 Å². The van der Waals surface area contributed by atoms with Crippen molar-refractivity contribution >= 4 is 17.9 Å². The van der Waals surface area contributed by atoms with Crippen LogP contribution in [0.3, 0.4) is 0 Å². The monoisotopic (exact) mass is 375 g/mol. The Balaban J connectivity index is 1.52. The van der Waals surface area contributed by atoms with Gasteiger partial charge in [0.05, 0.1) is 6.61 Å². The first-order valence-corrected chi connectivity index (χ1v) is 8.01. The molecule has 10 nitrogen and oxygen atoms in total. The highest BCUT2D eigenvalue weighted by molar-refractivity contribution is 5.83. The third kappa shape index (κ3) is 5.12. The molecule has 0 saturated carbocycles. The Hall–Kier alpha value is -3.24. The lowest BCUT2D eigenvalue weighted by Crippen LogP contribution is -2.29. The Bertz CT molecular complexity index is 873. The molecule has 1 atom stereocenters. The lowest BCUT2D eigenvalue weighted by Gasteiger charge is -2.11. The van der Waals surface area contributed by atoms with E-state index >= 15 is 0 Å². The maximum absolute atomic E-state index is 12.0. The van der Waals surface area contributed by atoms with Gasteiger partial charge in [0, 0.05) is 13.1 Å². The maximum atomic E-state index is 12.0. The summed E-state index contributed by atoms with van der Waals surface area (Å²) in [6.07, 6.45) is 0.169. The lowest BCUT2D eigenvalue weighted by atomic mass is 10.2. The van der Waals surface area contributed by atoms with Crippen LogP contribution in [0.2, 0.25) is 0 Å². The fourth-order valence-electron chi connectivity index (χ4n) is 2.30. The number of hydrogen-bond acceptors (Lipinski definition) is 8. The summed E-state index contributed by atoms with van der Waals surface area (Å²) in [7, 11) is 0. The van der Waals surface area contributed by atoms with Gasteiger partial charge in [-0.1, -0.05) is 12.1 Å². The van der Waals surface area contributed by atoms with Crippen molar-refractivity contribution in [3.8, 4) is 5.75 Å². The number of nitrogens with zero attached hydrogens (tertiary/aromatic N) is 2. The summed E-state index contributed by atoms with van der Waals surface area (Å²) in [6.45, 7) is 1.68. The molecule has 1 saturated heterocycles. The molecule has 1 aromatic carbocycles. The number of aromatic nitrogens is 2. The summed E-state index contributed by atoms with van der Waals surface area (Å²) in [5, 5.41) is 2.38. The third-order valence-electron chi connectivity index (χ3n) is 3.53. The first-order valence-electron chi connectivity index (χ1n) is 8.01. The molecule has 1 aromatic heterocycles. The number of rotatable bonds is 5. The van der Waals surface area contributed by atoms with Crippen LogP contribution in [0.1, 0.15) is 18.7 Å². The molecule has 2 aromatic rings. The van der Waals surface area contributed by atoms with E-state index in [9.17, 15) is 14.4 Å². The van der Waals surface area contributed by atoms with Crippen molar-refractivity contribution in [3.05, 3.63) is 52.6 Å². The molecular formula is C17H17N3O7. The number of nitrogens with one attached hydrogen (secondary N) is 1. The number of carbonyl (C=O) groups is 2. The molecule has 0 spiro atoms. The average molecular weight is 375 g/mol. The Morgan fingerprint density at radius 1 is 1.30 bits per heavy atom. The van der Waals surface area contributed by atoms with Gasteiger partial charge in [-0.3, -0.25) is 14.7 Å². The van der Waals surface area contributed by atoms with Gasteiger partial charge in [0.15, 0.2) is 6.23 Å². The van der Waals surface area contributed by atoms with Crippen LogP contribution in [0, 0.1) is 0 Å². The zero-order valence-electron chi connectivity index (χ0n) is 14.4. The molecule has 3 rings (SSSR count). The standard InChI is InChI=1S/C17H17N3O7/c1-11(21)27-13-4-2-12(3-5-13)8-25-17(23)19-14-6-7-20(16(22)18-14)15-9-24-10-26-15/h2-7,15H,8-10H2,1H3,(H,18,19,22,23)/t15-/m0/s1. The number of esters is 1. The first kappa shape index (κ1) is 18.5. The smallest absolute Gasteiger partial charge is 0.413 e. The number of anilines is 1. The minimum Gasteiger partial charge on any atom is -0.444 e. The van der Waals surface area contributed by atoms with Crippen molar-refractivity contribution < 1.29 is 28.5 Å². The van der Waals surface area contributed by atoms with Crippen LogP contribution in [0.25, 0.3) is 0 Å². The Labute approximate surface area is 153 Å². The predicted octanol–water partition coefficient (Wildman–Crippen LogP) is 1.42. The molecule has 0 unspecified atom stereocenters. The predicted molar refractivity (Wildman–Crippen MR) is 91.0 cm³/mol. The Morgan fingerprint density at radius 2 is 2.07 bits per heavy atom. The van der Waals surface area contributed by atoms with Gasteiger partial charge in [-0.25, -0.2) is 9.59 Å². The molecule has 27 heavy (non-hydrogen) atoms. The van der Waals surface area contributed by atoms with Gasteiger partial charge in [0.25, 0.3) is 0 Å². The topological polar surface area (TPSA) is 118 Å². The average Bonchev–Trinajstić information content (AvgIpc) is 3.15. The van der Waals surface area contributed by atoms with Gasteiger partial charge in [-0.05, 0) is 23.8 Å². The highest BCUT2D eigenvalue weighted by atomic mass is 16.7. The quantitative estimate of drug-likeness (QED) is 0.616. The molecule has 0 radical (unpaired) electrons. The number of amides is 1. The summed E-state index contributed by atoms with van der Waals surface area (Å²) >= 11 is 0. The molecule has 2 heterocycles. The summed E-state index contributed by atoms with van der Waals surface area (Å²) in [6, 6.07) is 7.96. The fraction of sp³-hybridized carbons (Fsp3) is 0.294. The molecular weight excluding hydrogens is 358 g/mol. The van der Waals surface area contributed by atoms with Crippen LogP contribution >= 0.6 is 0 Å². The lowest BCUT2D eigenvalue weighted by molar-refractivity contribution is -0.131. The molecule has 0 aliphatic carbocycles. The van der Waals surface area contributed by atoms with Crippen molar-refractivity contribution in [3.63, 3.8) is 0 Å². The van der Waals surface area contributed by atoms with Crippen LogP contribution in [-0.2, 0) is 25.6 Å². The van der Waals surface area contributed by atoms with E-state index in [1.165, 1.54) is 23.8 Å². The third-order valence-corrected chi connectivity index (χ3v) is 3.53. The Kier molecular flexibility index (Phi) is 5.79. The number of hydrogen-bond donors (Lipinski definition) is 1.